The lowest BCUT2D eigenvalue weighted by Crippen LogP contribution is -2.37. The SMILES string of the molecule is O=C(CN1CCCCCOc2ccccc2Oc2ncccc2C1)NCc1ccccc1CN1CCCCC1. The van der Waals surface area contributed by atoms with E-state index in [0.29, 0.717) is 37.9 Å². The molecule has 0 atom stereocenters. The number of pyridine rings is 1. The molecule has 3 heterocycles. The molecule has 1 amide bonds. The number of piperidine rings is 1. The molecule has 0 bridgehead atoms. The zero-order valence-corrected chi connectivity index (χ0v) is 22.8. The van der Waals surface area contributed by atoms with E-state index in [-0.39, 0.29) is 5.91 Å². The van der Waals surface area contributed by atoms with Crippen LogP contribution < -0.4 is 14.8 Å². The summed E-state index contributed by atoms with van der Waals surface area (Å²) in [4.78, 5) is 22.4. The Morgan fingerprint density at radius 2 is 1.51 bits per heavy atom. The molecule has 2 aromatic carbocycles. The van der Waals surface area contributed by atoms with E-state index in [2.05, 4.69) is 44.4 Å². The molecule has 0 spiro atoms. The van der Waals surface area contributed by atoms with Gasteiger partial charge in [-0.2, -0.15) is 0 Å². The van der Waals surface area contributed by atoms with Gasteiger partial charge in [0.15, 0.2) is 11.5 Å². The summed E-state index contributed by atoms with van der Waals surface area (Å²) in [5, 5.41) is 3.19. The van der Waals surface area contributed by atoms with Gasteiger partial charge in [0.05, 0.1) is 13.2 Å². The number of amides is 1. The number of carbonyl (C=O) groups excluding carboxylic acids is 1. The maximum atomic E-state index is 13.2. The largest absolute Gasteiger partial charge is 0.490 e. The van der Waals surface area contributed by atoms with Gasteiger partial charge in [-0.3, -0.25) is 14.6 Å². The third-order valence-corrected chi connectivity index (χ3v) is 7.48. The van der Waals surface area contributed by atoms with Crippen molar-refractivity contribution in [2.45, 2.75) is 58.2 Å². The number of hydrogen-bond donors (Lipinski definition) is 1. The van der Waals surface area contributed by atoms with Crippen LogP contribution in [0, 0.1) is 0 Å². The van der Waals surface area contributed by atoms with Crippen LogP contribution in [0.4, 0.5) is 0 Å². The molecular formula is C32H40N4O3. The lowest BCUT2D eigenvalue weighted by molar-refractivity contribution is -0.122. The van der Waals surface area contributed by atoms with Crippen LogP contribution in [0.5, 0.6) is 17.4 Å². The van der Waals surface area contributed by atoms with Crippen molar-refractivity contribution in [3.63, 3.8) is 0 Å². The third-order valence-electron chi connectivity index (χ3n) is 7.48. The van der Waals surface area contributed by atoms with E-state index in [4.69, 9.17) is 9.47 Å². The number of aromatic nitrogens is 1. The van der Waals surface area contributed by atoms with Crippen LogP contribution in [0.15, 0.2) is 66.9 Å². The number of ether oxygens (including phenoxy) is 2. The normalized spacial score (nSPS) is 17.2. The van der Waals surface area contributed by atoms with Crippen LogP contribution in [0.3, 0.4) is 0 Å². The molecule has 0 unspecified atom stereocenters. The number of likely N-dealkylation sites (tertiary alicyclic amines) is 1. The topological polar surface area (TPSA) is 66.9 Å². The molecule has 1 saturated heterocycles. The van der Waals surface area contributed by atoms with Crippen LogP contribution in [0.1, 0.15) is 55.2 Å². The Hall–Kier alpha value is -3.42. The molecule has 2 aliphatic rings. The number of nitrogens with zero attached hydrogens (tertiary/aromatic N) is 3. The highest BCUT2D eigenvalue weighted by Gasteiger charge is 2.18. The molecule has 206 valence electrons. The summed E-state index contributed by atoms with van der Waals surface area (Å²) in [5.41, 5.74) is 3.45. The molecule has 5 rings (SSSR count). The average Bonchev–Trinajstić information content (AvgIpc) is 2.97. The number of rotatable bonds is 6. The van der Waals surface area contributed by atoms with Crippen molar-refractivity contribution in [1.82, 2.24) is 20.1 Å². The molecule has 0 saturated carbocycles. The molecule has 2 aliphatic heterocycles. The molecular weight excluding hydrogens is 488 g/mol. The van der Waals surface area contributed by atoms with Crippen LogP contribution in [-0.4, -0.2) is 53.5 Å². The van der Waals surface area contributed by atoms with Gasteiger partial charge < -0.3 is 14.8 Å². The van der Waals surface area contributed by atoms with Crippen LogP contribution in [0.25, 0.3) is 0 Å². The van der Waals surface area contributed by atoms with E-state index in [9.17, 15) is 4.79 Å². The summed E-state index contributed by atoms with van der Waals surface area (Å²) in [5.74, 6) is 1.96. The Labute approximate surface area is 232 Å². The van der Waals surface area contributed by atoms with Gasteiger partial charge in [0.25, 0.3) is 0 Å². The molecule has 0 aliphatic carbocycles. The van der Waals surface area contributed by atoms with Gasteiger partial charge in [0.1, 0.15) is 0 Å². The lowest BCUT2D eigenvalue weighted by Gasteiger charge is -2.27. The molecule has 0 radical (unpaired) electrons. The maximum absolute atomic E-state index is 13.2. The highest BCUT2D eigenvalue weighted by Crippen LogP contribution is 2.32. The monoisotopic (exact) mass is 528 g/mol. The van der Waals surface area contributed by atoms with Crippen molar-refractivity contribution < 1.29 is 14.3 Å². The Kier molecular flexibility index (Phi) is 9.82. The third kappa shape index (κ3) is 8.04. The van der Waals surface area contributed by atoms with Gasteiger partial charge in [-0.05, 0) is 81.1 Å². The second-order valence-corrected chi connectivity index (χ2v) is 10.5. The quantitative estimate of drug-likeness (QED) is 0.453. The minimum absolute atomic E-state index is 0.0344. The van der Waals surface area contributed by atoms with Gasteiger partial charge in [-0.25, -0.2) is 4.98 Å². The first-order valence-corrected chi connectivity index (χ1v) is 14.4. The van der Waals surface area contributed by atoms with E-state index in [1.165, 1.54) is 30.4 Å². The molecule has 39 heavy (non-hydrogen) atoms. The number of carbonyl (C=O) groups is 1. The summed E-state index contributed by atoms with van der Waals surface area (Å²) >= 11 is 0. The fraction of sp³-hybridized carbons (Fsp3) is 0.438. The Bertz CT molecular complexity index is 1210. The fourth-order valence-electron chi connectivity index (χ4n) is 5.34. The van der Waals surface area contributed by atoms with Gasteiger partial charge in [-0.15, -0.1) is 0 Å². The van der Waals surface area contributed by atoms with Crippen molar-refractivity contribution in [3.05, 3.63) is 83.6 Å². The predicted molar refractivity (Wildman–Crippen MR) is 153 cm³/mol. The highest BCUT2D eigenvalue weighted by atomic mass is 16.5. The van der Waals surface area contributed by atoms with Gasteiger partial charge in [0, 0.05) is 31.4 Å². The number of nitrogens with one attached hydrogen (secondary N) is 1. The second kappa shape index (κ2) is 14.1. The fourth-order valence-corrected chi connectivity index (χ4v) is 5.34. The van der Waals surface area contributed by atoms with E-state index >= 15 is 0 Å². The smallest absolute Gasteiger partial charge is 0.234 e. The number of hydrogen-bond acceptors (Lipinski definition) is 6. The Morgan fingerprint density at radius 1 is 0.795 bits per heavy atom. The van der Waals surface area contributed by atoms with E-state index in [1.807, 2.05) is 36.4 Å². The predicted octanol–water partition coefficient (Wildman–Crippen LogP) is 5.54. The first-order valence-electron chi connectivity index (χ1n) is 14.4. The van der Waals surface area contributed by atoms with Crippen molar-refractivity contribution in [2.24, 2.45) is 0 Å². The molecule has 1 aromatic heterocycles. The first kappa shape index (κ1) is 27.2. The maximum Gasteiger partial charge on any atom is 0.234 e. The van der Waals surface area contributed by atoms with Crippen LogP contribution >= 0.6 is 0 Å². The molecule has 3 aromatic rings. The van der Waals surface area contributed by atoms with Crippen molar-refractivity contribution in [2.75, 3.05) is 32.8 Å². The Morgan fingerprint density at radius 3 is 2.36 bits per heavy atom. The Balaban J connectivity index is 1.24. The summed E-state index contributed by atoms with van der Waals surface area (Å²) in [7, 11) is 0. The van der Waals surface area contributed by atoms with Crippen molar-refractivity contribution in [1.29, 1.82) is 0 Å². The average molecular weight is 529 g/mol. The minimum Gasteiger partial charge on any atom is -0.490 e. The van der Waals surface area contributed by atoms with E-state index in [0.717, 1.165) is 56.8 Å². The number of para-hydroxylation sites is 2. The molecule has 7 nitrogen and oxygen atoms in total. The molecule has 1 fully saturated rings. The van der Waals surface area contributed by atoms with Crippen LogP contribution in [-0.2, 0) is 24.4 Å². The summed E-state index contributed by atoms with van der Waals surface area (Å²) < 4.78 is 12.2. The molecule has 7 heteroatoms. The highest BCUT2D eigenvalue weighted by molar-refractivity contribution is 5.78. The van der Waals surface area contributed by atoms with Gasteiger partial charge in [0.2, 0.25) is 11.8 Å². The van der Waals surface area contributed by atoms with Crippen molar-refractivity contribution >= 4 is 5.91 Å². The summed E-state index contributed by atoms with van der Waals surface area (Å²) in [6.45, 7) is 6.19. The first-order chi connectivity index (χ1) is 19.2. The van der Waals surface area contributed by atoms with Gasteiger partial charge in [-0.1, -0.05) is 48.9 Å². The zero-order valence-electron chi connectivity index (χ0n) is 22.8. The van der Waals surface area contributed by atoms with E-state index in [1.54, 1.807) is 6.20 Å². The summed E-state index contributed by atoms with van der Waals surface area (Å²) in [6, 6.07) is 20.1. The number of benzene rings is 2. The standard InChI is InChI=1S/C32H40N4O3/c37-31(34-22-26-12-3-4-13-27(26)23-35-18-7-1-8-19-35)25-36-20-9-2-10-21-38-29-15-5-6-16-30(29)39-32-28(24-36)14-11-17-33-32/h3-6,11-17H,1-2,7-10,18-25H2,(H,34,37). The minimum atomic E-state index is 0.0344. The lowest BCUT2D eigenvalue weighted by atomic mass is 10.0. The van der Waals surface area contributed by atoms with Gasteiger partial charge >= 0.3 is 0 Å². The number of fused-ring (bicyclic) bond motifs is 2. The van der Waals surface area contributed by atoms with Crippen molar-refractivity contribution in [3.8, 4) is 17.4 Å². The van der Waals surface area contributed by atoms with Crippen LogP contribution in [0.2, 0.25) is 0 Å². The molecule has 1 N–H and O–H groups in total. The van der Waals surface area contributed by atoms with E-state index < -0.39 is 0 Å². The zero-order chi connectivity index (χ0) is 26.7. The summed E-state index contributed by atoms with van der Waals surface area (Å²) in [6.07, 6.45) is 8.60. The second-order valence-electron chi connectivity index (χ2n) is 10.5.